The van der Waals surface area contributed by atoms with Crippen LogP contribution < -0.4 is 10.1 Å². The van der Waals surface area contributed by atoms with Gasteiger partial charge in [0.15, 0.2) is 6.61 Å². The van der Waals surface area contributed by atoms with Crippen LogP contribution in [0.4, 0.5) is 4.79 Å². The molecule has 1 N–H and O–H groups in total. The standard InChI is InChI=1S/C19H26ClN3O5/c1-19(2,3)28-18(26)21-12-16(24)22-8-10-23(11-9-22)17(25)13-27-15-6-4-14(20)5-7-15/h4-7H,8-13H2,1-3H3,(H,21,26). The predicted molar refractivity (Wildman–Crippen MR) is 104 cm³/mol. The van der Waals surface area contributed by atoms with Crippen LogP contribution in [0, 0.1) is 0 Å². The molecule has 2 rings (SSSR count). The number of piperazine rings is 1. The molecule has 1 fully saturated rings. The van der Waals surface area contributed by atoms with E-state index in [2.05, 4.69) is 5.32 Å². The van der Waals surface area contributed by atoms with Crippen molar-refractivity contribution >= 4 is 29.5 Å². The summed E-state index contributed by atoms with van der Waals surface area (Å²) in [4.78, 5) is 39.3. The predicted octanol–water partition coefficient (Wildman–Crippen LogP) is 1.91. The highest BCUT2D eigenvalue weighted by Gasteiger charge is 2.25. The fraction of sp³-hybridized carbons (Fsp3) is 0.526. The number of hydrogen-bond donors (Lipinski definition) is 1. The molecule has 0 aliphatic carbocycles. The normalized spacial score (nSPS) is 14.4. The molecule has 0 atom stereocenters. The van der Waals surface area contributed by atoms with E-state index in [1.54, 1.807) is 54.8 Å². The van der Waals surface area contributed by atoms with Gasteiger partial charge in [-0.1, -0.05) is 11.6 Å². The van der Waals surface area contributed by atoms with Gasteiger partial charge in [0.25, 0.3) is 5.91 Å². The van der Waals surface area contributed by atoms with Crippen molar-refractivity contribution in [3.63, 3.8) is 0 Å². The number of rotatable bonds is 5. The molecule has 0 unspecified atom stereocenters. The summed E-state index contributed by atoms with van der Waals surface area (Å²) in [6.07, 6.45) is -0.631. The molecule has 1 aliphatic rings. The van der Waals surface area contributed by atoms with Gasteiger partial charge in [-0.25, -0.2) is 4.79 Å². The van der Waals surface area contributed by atoms with E-state index in [-0.39, 0.29) is 25.0 Å². The van der Waals surface area contributed by atoms with E-state index in [0.29, 0.717) is 37.0 Å². The molecule has 3 amide bonds. The zero-order valence-corrected chi connectivity index (χ0v) is 17.1. The lowest BCUT2D eigenvalue weighted by Gasteiger charge is -2.34. The van der Waals surface area contributed by atoms with Crippen molar-refractivity contribution in [1.82, 2.24) is 15.1 Å². The minimum absolute atomic E-state index is 0.0736. The van der Waals surface area contributed by atoms with Gasteiger partial charge in [-0.2, -0.15) is 0 Å². The van der Waals surface area contributed by atoms with Gasteiger partial charge < -0.3 is 24.6 Å². The van der Waals surface area contributed by atoms with Gasteiger partial charge >= 0.3 is 6.09 Å². The smallest absolute Gasteiger partial charge is 0.408 e. The maximum absolute atomic E-state index is 12.3. The van der Waals surface area contributed by atoms with E-state index in [4.69, 9.17) is 21.1 Å². The second-order valence-corrected chi connectivity index (χ2v) is 7.80. The van der Waals surface area contributed by atoms with E-state index < -0.39 is 11.7 Å². The van der Waals surface area contributed by atoms with Crippen molar-refractivity contribution < 1.29 is 23.9 Å². The molecular weight excluding hydrogens is 386 g/mol. The molecule has 1 heterocycles. The molecule has 0 aromatic heterocycles. The van der Waals surface area contributed by atoms with E-state index >= 15 is 0 Å². The summed E-state index contributed by atoms with van der Waals surface area (Å²) < 4.78 is 10.6. The molecule has 0 spiro atoms. The summed E-state index contributed by atoms with van der Waals surface area (Å²) in [5.41, 5.74) is -0.618. The van der Waals surface area contributed by atoms with Crippen LogP contribution in [0.15, 0.2) is 24.3 Å². The molecule has 1 aliphatic heterocycles. The second-order valence-electron chi connectivity index (χ2n) is 7.36. The minimum atomic E-state index is -0.631. The Kier molecular flexibility index (Phi) is 7.51. The fourth-order valence-corrected chi connectivity index (χ4v) is 2.67. The first-order valence-corrected chi connectivity index (χ1v) is 9.42. The SMILES string of the molecule is CC(C)(C)OC(=O)NCC(=O)N1CCN(C(=O)COc2ccc(Cl)cc2)CC1. The van der Waals surface area contributed by atoms with E-state index in [0.717, 1.165) is 0 Å². The third-order valence-electron chi connectivity index (χ3n) is 3.94. The number of amides is 3. The number of ether oxygens (including phenoxy) is 2. The second kappa shape index (κ2) is 9.64. The van der Waals surface area contributed by atoms with Gasteiger partial charge in [0, 0.05) is 31.2 Å². The first-order valence-electron chi connectivity index (χ1n) is 9.05. The highest BCUT2D eigenvalue weighted by Crippen LogP contribution is 2.15. The van der Waals surface area contributed by atoms with Crippen LogP contribution >= 0.6 is 11.6 Å². The number of alkyl carbamates (subject to hydrolysis) is 1. The summed E-state index contributed by atoms with van der Waals surface area (Å²) in [6.45, 7) is 6.69. The summed E-state index contributed by atoms with van der Waals surface area (Å²) in [5.74, 6) is 0.212. The highest BCUT2D eigenvalue weighted by atomic mass is 35.5. The van der Waals surface area contributed by atoms with Crippen LogP contribution in [0.5, 0.6) is 5.75 Å². The van der Waals surface area contributed by atoms with E-state index in [9.17, 15) is 14.4 Å². The number of nitrogens with zero attached hydrogens (tertiary/aromatic N) is 2. The molecule has 0 saturated carbocycles. The molecule has 154 valence electrons. The number of benzene rings is 1. The Bertz CT molecular complexity index is 695. The average Bonchev–Trinajstić information content (AvgIpc) is 2.64. The zero-order chi connectivity index (χ0) is 20.7. The van der Waals surface area contributed by atoms with Crippen molar-refractivity contribution in [1.29, 1.82) is 0 Å². The van der Waals surface area contributed by atoms with Crippen LogP contribution in [-0.4, -0.2) is 72.6 Å². The summed E-state index contributed by atoms with van der Waals surface area (Å²) >= 11 is 5.81. The topological polar surface area (TPSA) is 88.2 Å². The van der Waals surface area contributed by atoms with Crippen LogP contribution in [0.25, 0.3) is 0 Å². The molecule has 1 aromatic rings. The number of hydrogen-bond acceptors (Lipinski definition) is 5. The third-order valence-corrected chi connectivity index (χ3v) is 4.20. The molecule has 1 aromatic carbocycles. The maximum Gasteiger partial charge on any atom is 0.408 e. The zero-order valence-electron chi connectivity index (χ0n) is 16.4. The van der Waals surface area contributed by atoms with Crippen LogP contribution in [0.1, 0.15) is 20.8 Å². The van der Waals surface area contributed by atoms with E-state index in [1.165, 1.54) is 0 Å². The Morgan fingerprint density at radius 1 is 1.00 bits per heavy atom. The Labute approximate surface area is 169 Å². The lowest BCUT2D eigenvalue weighted by molar-refractivity contribution is -0.140. The summed E-state index contributed by atoms with van der Waals surface area (Å²) in [5, 5.41) is 3.05. The van der Waals surface area contributed by atoms with Crippen molar-refractivity contribution in [3.05, 3.63) is 29.3 Å². The van der Waals surface area contributed by atoms with Crippen LogP contribution in [0.2, 0.25) is 5.02 Å². The van der Waals surface area contributed by atoms with Gasteiger partial charge in [-0.15, -0.1) is 0 Å². The van der Waals surface area contributed by atoms with Gasteiger partial charge in [0.2, 0.25) is 5.91 Å². The Morgan fingerprint density at radius 3 is 2.07 bits per heavy atom. The molecule has 0 radical (unpaired) electrons. The van der Waals surface area contributed by atoms with Crippen molar-refractivity contribution in [2.45, 2.75) is 26.4 Å². The number of halogens is 1. The molecule has 1 saturated heterocycles. The van der Waals surface area contributed by atoms with E-state index in [1.807, 2.05) is 0 Å². The summed E-state index contributed by atoms with van der Waals surface area (Å²) in [7, 11) is 0. The average molecular weight is 412 g/mol. The van der Waals surface area contributed by atoms with Gasteiger partial charge in [0.1, 0.15) is 17.9 Å². The minimum Gasteiger partial charge on any atom is -0.484 e. The maximum atomic E-state index is 12.3. The first kappa shape index (κ1) is 21.8. The quantitative estimate of drug-likeness (QED) is 0.799. The largest absolute Gasteiger partial charge is 0.484 e. The molecule has 0 bridgehead atoms. The molecule has 28 heavy (non-hydrogen) atoms. The van der Waals surface area contributed by atoms with Crippen molar-refractivity contribution in [2.75, 3.05) is 39.3 Å². The molecule has 8 nitrogen and oxygen atoms in total. The molecular formula is C19H26ClN3O5. The Hall–Kier alpha value is -2.48. The number of carbonyl (C=O) groups excluding carboxylic acids is 3. The van der Waals surface area contributed by atoms with Crippen molar-refractivity contribution in [3.8, 4) is 5.75 Å². The molecule has 9 heteroatoms. The third kappa shape index (κ3) is 7.26. The fourth-order valence-electron chi connectivity index (χ4n) is 2.55. The van der Waals surface area contributed by atoms with Gasteiger partial charge in [-0.3, -0.25) is 9.59 Å². The monoisotopic (exact) mass is 411 g/mol. The highest BCUT2D eigenvalue weighted by molar-refractivity contribution is 6.30. The Morgan fingerprint density at radius 2 is 1.54 bits per heavy atom. The summed E-state index contributed by atoms with van der Waals surface area (Å²) in [6, 6.07) is 6.78. The number of carbonyl (C=O) groups is 3. The lowest BCUT2D eigenvalue weighted by Crippen LogP contribution is -2.53. The van der Waals surface area contributed by atoms with Crippen LogP contribution in [-0.2, 0) is 14.3 Å². The van der Waals surface area contributed by atoms with Crippen LogP contribution in [0.3, 0.4) is 0 Å². The van der Waals surface area contributed by atoms with Gasteiger partial charge in [0.05, 0.1) is 0 Å². The first-order chi connectivity index (χ1) is 13.1. The Balaban J connectivity index is 1.69. The van der Waals surface area contributed by atoms with Gasteiger partial charge in [-0.05, 0) is 45.0 Å². The van der Waals surface area contributed by atoms with Crippen molar-refractivity contribution in [2.24, 2.45) is 0 Å². The lowest BCUT2D eigenvalue weighted by atomic mass is 10.2. The number of nitrogens with one attached hydrogen (secondary N) is 1.